The number of carbonyl (C=O) groups is 2. The number of aryl methyl sites for hydroxylation is 2. The van der Waals surface area contributed by atoms with Gasteiger partial charge in [0, 0.05) is 17.8 Å². The third kappa shape index (κ3) is 5.57. The van der Waals surface area contributed by atoms with Crippen LogP contribution in [0.1, 0.15) is 16.7 Å². The molecule has 0 saturated heterocycles. The van der Waals surface area contributed by atoms with Crippen LogP contribution < -0.4 is 10.1 Å². The van der Waals surface area contributed by atoms with Crippen LogP contribution in [0.25, 0.3) is 0 Å². The van der Waals surface area contributed by atoms with Crippen molar-refractivity contribution in [1.29, 1.82) is 0 Å². The van der Waals surface area contributed by atoms with Crippen molar-refractivity contribution in [2.45, 2.75) is 20.8 Å². The molecule has 0 bridgehead atoms. The van der Waals surface area contributed by atoms with E-state index in [4.69, 9.17) is 4.74 Å². The maximum atomic E-state index is 12.0. The van der Waals surface area contributed by atoms with Crippen molar-refractivity contribution in [3.05, 3.63) is 68.9 Å². The molecule has 2 rings (SSSR count). The lowest BCUT2D eigenvalue weighted by Crippen LogP contribution is -2.15. The predicted octanol–water partition coefficient (Wildman–Crippen LogP) is 3.95. The van der Waals surface area contributed by atoms with Gasteiger partial charge in [0.25, 0.3) is 5.69 Å². The summed E-state index contributed by atoms with van der Waals surface area (Å²) in [6.07, 6.45) is 0.888. The number of nitro groups is 1. The number of anilines is 1. The van der Waals surface area contributed by atoms with Crippen molar-refractivity contribution >= 4 is 23.3 Å². The first kappa shape index (κ1) is 22.4. The van der Waals surface area contributed by atoms with Gasteiger partial charge in [0.2, 0.25) is 0 Å². The summed E-state index contributed by atoms with van der Waals surface area (Å²) in [5.41, 5.74) is 2.52. The number of nitrogens with zero attached hydrogens (tertiary/aromatic N) is 1. The van der Waals surface area contributed by atoms with E-state index in [0.29, 0.717) is 5.75 Å². The number of ether oxygens (including phenoxy) is 3. The van der Waals surface area contributed by atoms with Gasteiger partial charge < -0.3 is 19.5 Å². The molecule has 2 aromatic carbocycles. The second-order valence-corrected chi connectivity index (χ2v) is 6.48. The van der Waals surface area contributed by atoms with Crippen molar-refractivity contribution < 1.29 is 28.7 Å². The Bertz CT molecular complexity index is 1030. The van der Waals surface area contributed by atoms with E-state index in [2.05, 4.69) is 14.8 Å². The number of carbonyl (C=O) groups excluding carboxylic acids is 2. The molecule has 0 amide bonds. The Morgan fingerprint density at radius 2 is 1.73 bits per heavy atom. The maximum Gasteiger partial charge on any atom is 0.354 e. The molecule has 30 heavy (non-hydrogen) atoms. The van der Waals surface area contributed by atoms with Crippen molar-refractivity contribution in [2.75, 3.05) is 19.5 Å². The van der Waals surface area contributed by atoms with Crippen molar-refractivity contribution in [2.24, 2.45) is 0 Å². The van der Waals surface area contributed by atoms with Crippen molar-refractivity contribution in [1.82, 2.24) is 0 Å². The number of hydrogen-bond acceptors (Lipinski definition) is 8. The fourth-order valence-electron chi connectivity index (χ4n) is 2.64. The Kier molecular flexibility index (Phi) is 7.13. The number of methoxy groups -OCH3 is 2. The van der Waals surface area contributed by atoms with E-state index in [1.807, 2.05) is 32.9 Å². The van der Waals surface area contributed by atoms with Gasteiger partial charge in [-0.3, -0.25) is 10.1 Å². The van der Waals surface area contributed by atoms with Crippen LogP contribution in [-0.4, -0.2) is 31.1 Å². The molecule has 0 heterocycles. The molecule has 0 aliphatic heterocycles. The molecule has 9 heteroatoms. The number of nitrogens with one attached hydrogen (secondary N) is 1. The highest BCUT2D eigenvalue weighted by Gasteiger charge is 2.17. The summed E-state index contributed by atoms with van der Waals surface area (Å²) >= 11 is 0. The van der Waals surface area contributed by atoms with Gasteiger partial charge in [0.05, 0.1) is 31.3 Å². The lowest BCUT2D eigenvalue weighted by molar-refractivity contribution is -0.384. The average Bonchev–Trinajstić information content (AvgIpc) is 2.70. The highest BCUT2D eigenvalue weighted by atomic mass is 16.6. The summed E-state index contributed by atoms with van der Waals surface area (Å²) in [6.45, 7) is 5.74. The fourth-order valence-corrected chi connectivity index (χ4v) is 2.64. The minimum atomic E-state index is -0.848. The predicted molar refractivity (Wildman–Crippen MR) is 110 cm³/mol. The molecule has 0 spiro atoms. The van der Waals surface area contributed by atoms with Crippen LogP contribution in [-0.2, 0) is 19.1 Å². The van der Waals surface area contributed by atoms with Gasteiger partial charge in [0.15, 0.2) is 0 Å². The highest BCUT2D eigenvalue weighted by molar-refractivity contribution is 5.98. The molecule has 0 aliphatic carbocycles. The van der Waals surface area contributed by atoms with Gasteiger partial charge in [-0.05, 0) is 43.5 Å². The zero-order valence-corrected chi connectivity index (χ0v) is 17.3. The Morgan fingerprint density at radius 1 is 1.03 bits per heavy atom. The zero-order valence-electron chi connectivity index (χ0n) is 17.3. The van der Waals surface area contributed by atoms with Crippen LogP contribution in [0.15, 0.2) is 42.1 Å². The Hall–Kier alpha value is -3.88. The molecule has 0 aliphatic rings. The van der Waals surface area contributed by atoms with E-state index in [-0.39, 0.29) is 22.8 Å². The summed E-state index contributed by atoms with van der Waals surface area (Å²) < 4.78 is 15.1. The third-order valence-electron chi connectivity index (χ3n) is 4.24. The summed E-state index contributed by atoms with van der Waals surface area (Å²) in [4.78, 5) is 34.3. The van der Waals surface area contributed by atoms with E-state index in [9.17, 15) is 19.7 Å². The standard InChI is InChI=1S/C21H22N2O7/c1-12-6-13(2)14(3)19(7-12)30-17-9-15(8-16(10-17)23(26)27)22-18(21(25)29-5)11-20(24)28-4/h6-11,22H,1-5H3/b18-11+. The van der Waals surface area contributed by atoms with Crippen LogP contribution in [0.2, 0.25) is 0 Å². The molecular weight excluding hydrogens is 392 g/mol. The second-order valence-electron chi connectivity index (χ2n) is 6.48. The normalized spacial score (nSPS) is 10.9. The Labute approximate surface area is 173 Å². The topological polar surface area (TPSA) is 117 Å². The molecule has 0 radical (unpaired) electrons. The molecule has 0 fully saturated rings. The molecular formula is C21H22N2O7. The van der Waals surface area contributed by atoms with Crippen LogP contribution >= 0.6 is 0 Å². The van der Waals surface area contributed by atoms with Gasteiger partial charge in [0.1, 0.15) is 17.2 Å². The molecule has 0 aromatic heterocycles. The summed E-state index contributed by atoms with van der Waals surface area (Å²) in [7, 11) is 2.29. The summed E-state index contributed by atoms with van der Waals surface area (Å²) in [6, 6.07) is 7.77. The third-order valence-corrected chi connectivity index (χ3v) is 4.24. The second kappa shape index (κ2) is 9.55. The maximum absolute atomic E-state index is 12.0. The SMILES string of the molecule is COC(=O)/C=C(/Nc1cc(Oc2cc(C)cc(C)c2C)cc([N+](=O)[O-])c1)C(=O)OC. The van der Waals surface area contributed by atoms with E-state index in [0.717, 1.165) is 37.0 Å². The van der Waals surface area contributed by atoms with Gasteiger partial charge in [-0.25, -0.2) is 9.59 Å². The van der Waals surface area contributed by atoms with E-state index in [1.165, 1.54) is 18.2 Å². The first-order chi connectivity index (χ1) is 14.1. The molecule has 9 nitrogen and oxygen atoms in total. The van der Waals surface area contributed by atoms with E-state index < -0.39 is 16.9 Å². The van der Waals surface area contributed by atoms with Crippen LogP contribution in [0.4, 0.5) is 11.4 Å². The molecule has 0 saturated carbocycles. The highest BCUT2D eigenvalue weighted by Crippen LogP contribution is 2.33. The van der Waals surface area contributed by atoms with Crippen LogP contribution in [0, 0.1) is 30.9 Å². The van der Waals surface area contributed by atoms with Crippen molar-refractivity contribution in [3.8, 4) is 11.5 Å². The molecule has 1 N–H and O–H groups in total. The molecule has 0 unspecified atom stereocenters. The lowest BCUT2D eigenvalue weighted by Gasteiger charge is -2.14. The van der Waals surface area contributed by atoms with Crippen molar-refractivity contribution in [3.63, 3.8) is 0 Å². The molecule has 0 atom stereocenters. The van der Waals surface area contributed by atoms with E-state index >= 15 is 0 Å². The quantitative estimate of drug-likeness (QED) is 0.313. The van der Waals surface area contributed by atoms with Crippen LogP contribution in [0.5, 0.6) is 11.5 Å². The number of rotatable bonds is 7. The average molecular weight is 414 g/mol. The number of esters is 2. The fraction of sp³-hybridized carbons (Fsp3) is 0.238. The summed E-state index contributed by atoms with van der Waals surface area (Å²) in [5, 5.41) is 14.0. The number of benzene rings is 2. The number of non-ortho nitro benzene ring substituents is 1. The van der Waals surface area contributed by atoms with Gasteiger partial charge in [-0.1, -0.05) is 6.07 Å². The minimum absolute atomic E-state index is 0.154. The monoisotopic (exact) mass is 414 g/mol. The Morgan fingerprint density at radius 3 is 2.33 bits per heavy atom. The Balaban J connectivity index is 2.48. The molecule has 2 aromatic rings. The molecule has 158 valence electrons. The van der Waals surface area contributed by atoms with Gasteiger partial charge in [-0.15, -0.1) is 0 Å². The summed E-state index contributed by atoms with van der Waals surface area (Å²) in [5.74, 6) is -0.908. The van der Waals surface area contributed by atoms with Crippen LogP contribution in [0.3, 0.4) is 0 Å². The number of hydrogen-bond donors (Lipinski definition) is 1. The first-order valence-corrected chi connectivity index (χ1v) is 8.84. The number of nitro benzene ring substituents is 1. The van der Waals surface area contributed by atoms with Gasteiger partial charge in [-0.2, -0.15) is 0 Å². The smallest absolute Gasteiger partial charge is 0.354 e. The lowest BCUT2D eigenvalue weighted by atomic mass is 10.1. The first-order valence-electron chi connectivity index (χ1n) is 8.84. The van der Waals surface area contributed by atoms with E-state index in [1.54, 1.807) is 0 Å². The zero-order chi connectivity index (χ0) is 22.4. The minimum Gasteiger partial charge on any atom is -0.466 e. The largest absolute Gasteiger partial charge is 0.466 e. The van der Waals surface area contributed by atoms with Gasteiger partial charge >= 0.3 is 11.9 Å².